The molecule has 1 amide bonds. The van der Waals surface area contributed by atoms with Gasteiger partial charge in [0.15, 0.2) is 0 Å². The van der Waals surface area contributed by atoms with Gasteiger partial charge < -0.3 is 15.0 Å². The number of hydrogen-bond acceptors (Lipinski definition) is 2. The first-order valence-corrected chi connectivity index (χ1v) is 7.79. The quantitative estimate of drug-likeness (QED) is 0.850. The van der Waals surface area contributed by atoms with Gasteiger partial charge in [0.05, 0.1) is 14.2 Å². The van der Waals surface area contributed by atoms with Crippen molar-refractivity contribution in [3.8, 4) is 5.75 Å². The van der Waals surface area contributed by atoms with Crippen LogP contribution in [0.3, 0.4) is 0 Å². The highest BCUT2D eigenvalue weighted by Crippen LogP contribution is 2.18. The third kappa shape index (κ3) is 4.57. The van der Waals surface area contributed by atoms with Crippen LogP contribution in [0.4, 0.5) is 0 Å². The number of nitrogens with one attached hydrogen (secondary N) is 2. The standard InChI is InChI=1S/C19H24N2O2/c1-14-5-10-18(23-4)17(11-14)13-21(3)12-15-6-8-16(9-7-15)19(22)20-2/h5-11H,12-13H2,1-4H3,(H,20,22)/p+1. The second-order valence-corrected chi connectivity index (χ2v) is 5.90. The van der Waals surface area contributed by atoms with Crippen molar-refractivity contribution in [2.45, 2.75) is 20.0 Å². The highest BCUT2D eigenvalue weighted by molar-refractivity contribution is 5.93. The molecule has 1 unspecified atom stereocenters. The van der Waals surface area contributed by atoms with Gasteiger partial charge in [0.1, 0.15) is 18.8 Å². The Morgan fingerprint density at radius 2 is 1.83 bits per heavy atom. The summed E-state index contributed by atoms with van der Waals surface area (Å²) in [5, 5.41) is 2.63. The number of benzene rings is 2. The molecule has 0 fully saturated rings. The Morgan fingerprint density at radius 1 is 1.13 bits per heavy atom. The predicted molar refractivity (Wildman–Crippen MR) is 91.9 cm³/mol. The van der Waals surface area contributed by atoms with E-state index < -0.39 is 0 Å². The molecule has 23 heavy (non-hydrogen) atoms. The molecule has 0 saturated heterocycles. The minimum atomic E-state index is -0.0539. The molecule has 122 valence electrons. The van der Waals surface area contributed by atoms with Crippen LogP contribution in [-0.2, 0) is 13.1 Å². The number of ether oxygens (including phenoxy) is 1. The summed E-state index contributed by atoms with van der Waals surface area (Å²) in [5.41, 5.74) is 4.35. The minimum Gasteiger partial charge on any atom is -0.496 e. The van der Waals surface area contributed by atoms with E-state index in [-0.39, 0.29) is 5.91 Å². The molecule has 0 aliphatic rings. The number of methoxy groups -OCH3 is 1. The van der Waals surface area contributed by atoms with Crippen LogP contribution in [0.1, 0.15) is 27.0 Å². The number of rotatable bonds is 6. The Bertz CT molecular complexity index is 666. The summed E-state index contributed by atoms with van der Waals surface area (Å²) in [6, 6.07) is 14.0. The van der Waals surface area contributed by atoms with Crippen LogP contribution in [0.25, 0.3) is 0 Å². The Labute approximate surface area is 138 Å². The molecule has 4 nitrogen and oxygen atoms in total. The Kier molecular flexibility index (Phi) is 5.77. The number of hydrogen-bond donors (Lipinski definition) is 2. The first kappa shape index (κ1) is 17.0. The third-order valence-corrected chi connectivity index (χ3v) is 3.88. The largest absolute Gasteiger partial charge is 0.496 e. The van der Waals surface area contributed by atoms with E-state index in [9.17, 15) is 4.79 Å². The van der Waals surface area contributed by atoms with Crippen LogP contribution in [0.15, 0.2) is 42.5 Å². The molecule has 0 radical (unpaired) electrons. The monoisotopic (exact) mass is 313 g/mol. The van der Waals surface area contributed by atoms with Gasteiger partial charge in [-0.3, -0.25) is 4.79 Å². The number of aryl methyl sites for hydroxylation is 1. The van der Waals surface area contributed by atoms with Crippen LogP contribution in [0.2, 0.25) is 0 Å². The fourth-order valence-electron chi connectivity index (χ4n) is 2.70. The highest BCUT2D eigenvalue weighted by Gasteiger charge is 2.11. The van der Waals surface area contributed by atoms with Crippen molar-refractivity contribution < 1.29 is 14.4 Å². The van der Waals surface area contributed by atoms with E-state index in [0.717, 1.165) is 18.8 Å². The predicted octanol–water partition coefficient (Wildman–Crippen LogP) is 1.58. The molecule has 0 heterocycles. The third-order valence-electron chi connectivity index (χ3n) is 3.88. The normalized spacial score (nSPS) is 11.8. The molecule has 0 aliphatic heterocycles. The summed E-state index contributed by atoms with van der Waals surface area (Å²) in [6.07, 6.45) is 0. The van der Waals surface area contributed by atoms with Gasteiger partial charge in [0, 0.05) is 23.7 Å². The second kappa shape index (κ2) is 7.79. The maximum absolute atomic E-state index is 11.6. The number of carbonyl (C=O) groups excluding carboxylic acids is 1. The fourth-order valence-corrected chi connectivity index (χ4v) is 2.70. The van der Waals surface area contributed by atoms with Crippen molar-refractivity contribution in [3.63, 3.8) is 0 Å². The number of carbonyl (C=O) groups is 1. The summed E-state index contributed by atoms with van der Waals surface area (Å²) in [6.45, 7) is 3.88. The molecular formula is C19H25N2O2+. The van der Waals surface area contributed by atoms with Gasteiger partial charge >= 0.3 is 0 Å². The Balaban J connectivity index is 2.03. The van der Waals surface area contributed by atoms with Gasteiger partial charge in [-0.05, 0) is 31.2 Å². The highest BCUT2D eigenvalue weighted by atomic mass is 16.5. The molecule has 1 atom stereocenters. The molecule has 2 aromatic rings. The number of quaternary nitrogens is 1. The molecule has 4 heteroatoms. The van der Waals surface area contributed by atoms with Crippen LogP contribution in [0.5, 0.6) is 5.75 Å². The zero-order valence-electron chi connectivity index (χ0n) is 14.3. The summed E-state index contributed by atoms with van der Waals surface area (Å²) in [5.74, 6) is 0.881. The second-order valence-electron chi connectivity index (χ2n) is 5.90. The van der Waals surface area contributed by atoms with E-state index in [0.29, 0.717) is 5.56 Å². The summed E-state index contributed by atoms with van der Waals surface area (Å²) >= 11 is 0. The maximum atomic E-state index is 11.6. The lowest BCUT2D eigenvalue weighted by atomic mass is 10.1. The molecule has 0 aromatic heterocycles. The smallest absolute Gasteiger partial charge is 0.251 e. The summed E-state index contributed by atoms with van der Waals surface area (Å²) < 4.78 is 5.45. The average Bonchev–Trinajstić information content (AvgIpc) is 2.55. The fraction of sp³-hybridized carbons (Fsp3) is 0.316. The average molecular weight is 313 g/mol. The lowest BCUT2D eigenvalue weighted by molar-refractivity contribution is -0.907. The molecule has 2 aromatic carbocycles. The van der Waals surface area contributed by atoms with Crippen molar-refractivity contribution in [2.75, 3.05) is 21.2 Å². The van der Waals surface area contributed by atoms with Crippen molar-refractivity contribution in [1.82, 2.24) is 5.32 Å². The van der Waals surface area contributed by atoms with E-state index in [2.05, 4.69) is 31.4 Å². The Morgan fingerprint density at radius 3 is 2.43 bits per heavy atom. The lowest BCUT2D eigenvalue weighted by Gasteiger charge is -2.16. The molecular weight excluding hydrogens is 288 g/mol. The van der Waals surface area contributed by atoms with E-state index >= 15 is 0 Å². The molecule has 2 rings (SSSR count). The molecule has 0 saturated carbocycles. The zero-order valence-corrected chi connectivity index (χ0v) is 14.3. The zero-order chi connectivity index (χ0) is 16.8. The van der Waals surface area contributed by atoms with E-state index in [1.54, 1.807) is 14.2 Å². The van der Waals surface area contributed by atoms with Crippen LogP contribution >= 0.6 is 0 Å². The molecule has 0 bridgehead atoms. The van der Waals surface area contributed by atoms with E-state index in [1.165, 1.54) is 21.6 Å². The van der Waals surface area contributed by atoms with Gasteiger partial charge in [0.25, 0.3) is 5.91 Å². The van der Waals surface area contributed by atoms with Crippen LogP contribution in [-0.4, -0.2) is 27.1 Å². The van der Waals surface area contributed by atoms with E-state index in [4.69, 9.17) is 4.74 Å². The molecule has 2 N–H and O–H groups in total. The first-order valence-electron chi connectivity index (χ1n) is 7.79. The number of amides is 1. The molecule has 0 spiro atoms. The van der Waals surface area contributed by atoms with Gasteiger partial charge in [0.2, 0.25) is 0 Å². The van der Waals surface area contributed by atoms with Gasteiger partial charge in [-0.1, -0.05) is 23.8 Å². The van der Waals surface area contributed by atoms with Crippen LogP contribution < -0.4 is 15.0 Å². The SMILES string of the molecule is CNC(=O)c1ccc(C[NH+](C)Cc2cc(C)ccc2OC)cc1. The maximum Gasteiger partial charge on any atom is 0.251 e. The Hall–Kier alpha value is -2.33. The van der Waals surface area contributed by atoms with Gasteiger partial charge in [-0.2, -0.15) is 0 Å². The lowest BCUT2D eigenvalue weighted by Crippen LogP contribution is -3.06. The first-order chi connectivity index (χ1) is 11.0. The topological polar surface area (TPSA) is 42.8 Å². The van der Waals surface area contributed by atoms with Crippen molar-refractivity contribution >= 4 is 5.91 Å². The van der Waals surface area contributed by atoms with Gasteiger partial charge in [-0.15, -0.1) is 0 Å². The summed E-state index contributed by atoms with van der Waals surface area (Å²) in [4.78, 5) is 12.9. The van der Waals surface area contributed by atoms with E-state index in [1.807, 2.05) is 30.3 Å². The van der Waals surface area contributed by atoms with Crippen molar-refractivity contribution in [3.05, 3.63) is 64.7 Å². The summed E-state index contributed by atoms with van der Waals surface area (Å²) in [7, 11) is 5.51. The minimum absolute atomic E-state index is 0.0539. The van der Waals surface area contributed by atoms with Crippen molar-refractivity contribution in [2.24, 2.45) is 0 Å². The van der Waals surface area contributed by atoms with Gasteiger partial charge in [-0.25, -0.2) is 0 Å². The molecule has 0 aliphatic carbocycles. The van der Waals surface area contributed by atoms with Crippen molar-refractivity contribution in [1.29, 1.82) is 0 Å². The van der Waals surface area contributed by atoms with Crippen LogP contribution in [0, 0.1) is 6.92 Å².